The smallest absolute Gasteiger partial charge is 0.253 e. The summed E-state index contributed by atoms with van der Waals surface area (Å²) in [7, 11) is 0. The summed E-state index contributed by atoms with van der Waals surface area (Å²) >= 11 is 1.88. The molecular formula is C21H29N3O2S. The van der Waals surface area contributed by atoms with E-state index in [2.05, 4.69) is 23.4 Å². The Balaban J connectivity index is 1.38. The highest BCUT2D eigenvalue weighted by molar-refractivity contribution is 7.99. The van der Waals surface area contributed by atoms with Gasteiger partial charge < -0.3 is 10.2 Å². The van der Waals surface area contributed by atoms with Crippen LogP contribution >= 0.6 is 11.8 Å². The Morgan fingerprint density at radius 3 is 2.37 bits per heavy atom. The fourth-order valence-electron chi connectivity index (χ4n) is 4.38. The molecule has 27 heavy (non-hydrogen) atoms. The van der Waals surface area contributed by atoms with Gasteiger partial charge in [0.05, 0.1) is 0 Å². The molecule has 0 radical (unpaired) electrons. The molecule has 1 aromatic carbocycles. The lowest BCUT2D eigenvalue weighted by atomic mass is 10.1. The predicted octanol–water partition coefficient (Wildman–Crippen LogP) is 2.93. The molecule has 5 nitrogen and oxygen atoms in total. The monoisotopic (exact) mass is 387 g/mol. The van der Waals surface area contributed by atoms with Gasteiger partial charge in [-0.1, -0.05) is 6.92 Å². The van der Waals surface area contributed by atoms with Crippen LogP contribution in [0.15, 0.2) is 24.3 Å². The maximum Gasteiger partial charge on any atom is 0.253 e. The van der Waals surface area contributed by atoms with Crippen molar-refractivity contribution in [3.8, 4) is 0 Å². The molecule has 1 N–H and O–H groups in total. The highest BCUT2D eigenvalue weighted by Crippen LogP contribution is 2.38. The topological polar surface area (TPSA) is 52.7 Å². The van der Waals surface area contributed by atoms with Crippen LogP contribution in [0.4, 0.5) is 5.69 Å². The van der Waals surface area contributed by atoms with Gasteiger partial charge in [0.1, 0.15) is 0 Å². The third-order valence-electron chi connectivity index (χ3n) is 6.28. The molecule has 146 valence electrons. The van der Waals surface area contributed by atoms with Gasteiger partial charge in [-0.05, 0) is 68.8 Å². The van der Waals surface area contributed by atoms with E-state index in [4.69, 9.17) is 0 Å². The van der Waals surface area contributed by atoms with Crippen LogP contribution in [0.2, 0.25) is 0 Å². The summed E-state index contributed by atoms with van der Waals surface area (Å²) in [6.45, 7) is 6.07. The first kappa shape index (κ1) is 18.8. The summed E-state index contributed by atoms with van der Waals surface area (Å²) < 4.78 is 0. The van der Waals surface area contributed by atoms with E-state index >= 15 is 0 Å². The summed E-state index contributed by atoms with van der Waals surface area (Å²) in [4.78, 5) is 29.6. The standard InChI is InChI=1S/C21H29N3O2S/c1-14-11-17(14)20(25)22-16-7-5-15(6-8-16)21(26)24-12-18(19(13-24)27-2)23-9-3-4-10-23/h5-8,14,17-19H,3-4,9-13H2,1-2H3,(H,22,25)/t14-,17-,18-,19-/m1/s1. The van der Waals surface area contributed by atoms with Gasteiger partial charge in [0.2, 0.25) is 5.91 Å². The first-order chi connectivity index (χ1) is 13.1. The van der Waals surface area contributed by atoms with E-state index in [1.54, 1.807) is 0 Å². The van der Waals surface area contributed by atoms with Gasteiger partial charge in [-0.15, -0.1) is 0 Å². The molecule has 3 aliphatic rings. The van der Waals surface area contributed by atoms with Crippen LogP contribution in [0.25, 0.3) is 0 Å². The molecule has 0 bridgehead atoms. The van der Waals surface area contributed by atoms with Crippen molar-refractivity contribution >= 4 is 29.3 Å². The molecule has 1 aromatic rings. The number of carbonyl (C=O) groups excluding carboxylic acids is 2. The summed E-state index contributed by atoms with van der Waals surface area (Å²) in [5.41, 5.74) is 1.48. The van der Waals surface area contributed by atoms with Crippen LogP contribution in [-0.4, -0.2) is 65.3 Å². The Bertz CT molecular complexity index is 702. The van der Waals surface area contributed by atoms with Crippen molar-refractivity contribution in [2.24, 2.45) is 11.8 Å². The van der Waals surface area contributed by atoms with Crippen molar-refractivity contribution < 1.29 is 9.59 Å². The van der Waals surface area contributed by atoms with Gasteiger partial charge in [-0.3, -0.25) is 14.5 Å². The molecule has 2 saturated heterocycles. The van der Waals surface area contributed by atoms with Crippen LogP contribution in [-0.2, 0) is 4.79 Å². The number of amides is 2. The molecular weight excluding hydrogens is 358 g/mol. The zero-order valence-corrected chi connectivity index (χ0v) is 17.0. The second kappa shape index (κ2) is 7.84. The molecule has 0 spiro atoms. The molecule has 1 saturated carbocycles. The Morgan fingerprint density at radius 1 is 1.11 bits per heavy atom. The molecule has 4 rings (SSSR count). The zero-order valence-electron chi connectivity index (χ0n) is 16.2. The predicted molar refractivity (Wildman–Crippen MR) is 110 cm³/mol. The molecule has 1 aliphatic carbocycles. The second-order valence-electron chi connectivity index (χ2n) is 8.18. The SMILES string of the molecule is CS[C@@H]1CN(C(=O)c2ccc(NC(=O)[C@@H]3C[C@H]3C)cc2)C[C@H]1N1CCCC1. The van der Waals surface area contributed by atoms with E-state index in [9.17, 15) is 9.59 Å². The zero-order chi connectivity index (χ0) is 19.0. The van der Waals surface area contributed by atoms with E-state index in [0.717, 1.165) is 38.3 Å². The number of hydrogen-bond acceptors (Lipinski definition) is 4. The molecule has 0 unspecified atom stereocenters. The fraction of sp³-hybridized carbons (Fsp3) is 0.619. The van der Waals surface area contributed by atoms with E-state index in [1.165, 1.54) is 12.8 Å². The first-order valence-corrected chi connectivity index (χ1v) is 11.3. The van der Waals surface area contributed by atoms with Crippen molar-refractivity contribution in [3.63, 3.8) is 0 Å². The fourth-order valence-corrected chi connectivity index (χ4v) is 5.28. The molecule has 0 aromatic heterocycles. The second-order valence-corrected chi connectivity index (χ2v) is 9.26. The van der Waals surface area contributed by atoms with Gasteiger partial charge in [0.15, 0.2) is 0 Å². The van der Waals surface area contributed by atoms with E-state index in [-0.39, 0.29) is 17.7 Å². The number of nitrogens with zero attached hydrogens (tertiary/aromatic N) is 2. The molecule has 3 fully saturated rings. The number of thioether (sulfide) groups is 1. The molecule has 2 amide bonds. The average Bonchev–Trinajstić information content (AvgIpc) is 3.07. The molecule has 2 heterocycles. The minimum atomic E-state index is 0.0948. The van der Waals surface area contributed by atoms with Crippen LogP contribution in [0, 0.1) is 11.8 Å². The normalized spacial score (nSPS) is 30.5. The molecule has 4 atom stereocenters. The summed E-state index contributed by atoms with van der Waals surface area (Å²) in [6.07, 6.45) is 5.68. The van der Waals surface area contributed by atoms with Gasteiger partial charge in [-0.2, -0.15) is 11.8 Å². The largest absolute Gasteiger partial charge is 0.336 e. The summed E-state index contributed by atoms with van der Waals surface area (Å²) in [6, 6.07) is 7.85. The maximum atomic E-state index is 13.0. The van der Waals surface area contributed by atoms with Gasteiger partial charge in [0.25, 0.3) is 5.91 Å². The Labute approximate surface area is 165 Å². The quantitative estimate of drug-likeness (QED) is 0.844. The summed E-state index contributed by atoms with van der Waals surface area (Å²) in [5.74, 6) is 0.845. The lowest BCUT2D eigenvalue weighted by Gasteiger charge is -2.27. The third-order valence-corrected chi connectivity index (χ3v) is 7.35. The highest BCUT2D eigenvalue weighted by atomic mass is 32.2. The molecule has 6 heteroatoms. The number of benzene rings is 1. The average molecular weight is 388 g/mol. The highest BCUT2D eigenvalue weighted by Gasteiger charge is 2.40. The minimum absolute atomic E-state index is 0.0948. The first-order valence-electron chi connectivity index (χ1n) is 10.0. The lowest BCUT2D eigenvalue weighted by Crippen LogP contribution is -2.40. The van der Waals surface area contributed by atoms with E-state index in [0.29, 0.717) is 22.8 Å². The number of likely N-dealkylation sites (tertiary alicyclic amines) is 2. The van der Waals surface area contributed by atoms with Crippen molar-refractivity contribution in [2.45, 2.75) is 37.5 Å². The van der Waals surface area contributed by atoms with Crippen molar-refractivity contribution in [3.05, 3.63) is 29.8 Å². The van der Waals surface area contributed by atoms with Crippen LogP contribution in [0.3, 0.4) is 0 Å². The Hall–Kier alpha value is -1.53. The number of nitrogens with one attached hydrogen (secondary N) is 1. The van der Waals surface area contributed by atoms with Crippen molar-refractivity contribution in [2.75, 3.05) is 37.8 Å². The minimum Gasteiger partial charge on any atom is -0.336 e. The van der Waals surface area contributed by atoms with E-state index in [1.807, 2.05) is 40.9 Å². The van der Waals surface area contributed by atoms with Crippen LogP contribution in [0.1, 0.15) is 36.5 Å². The van der Waals surface area contributed by atoms with Gasteiger partial charge in [0, 0.05) is 41.6 Å². The Kier molecular flexibility index (Phi) is 5.46. The van der Waals surface area contributed by atoms with Crippen LogP contribution in [0.5, 0.6) is 0 Å². The van der Waals surface area contributed by atoms with Gasteiger partial charge in [-0.25, -0.2) is 0 Å². The number of hydrogen-bond donors (Lipinski definition) is 1. The lowest BCUT2D eigenvalue weighted by molar-refractivity contribution is -0.117. The van der Waals surface area contributed by atoms with Crippen molar-refractivity contribution in [1.82, 2.24) is 9.80 Å². The van der Waals surface area contributed by atoms with Crippen molar-refractivity contribution in [1.29, 1.82) is 0 Å². The maximum absolute atomic E-state index is 13.0. The van der Waals surface area contributed by atoms with Crippen LogP contribution < -0.4 is 5.32 Å². The van der Waals surface area contributed by atoms with E-state index < -0.39 is 0 Å². The number of carbonyl (C=O) groups is 2. The number of rotatable bonds is 5. The Morgan fingerprint density at radius 2 is 1.78 bits per heavy atom. The number of anilines is 1. The van der Waals surface area contributed by atoms with Gasteiger partial charge >= 0.3 is 0 Å². The summed E-state index contributed by atoms with van der Waals surface area (Å²) in [5, 5.41) is 3.45. The third kappa shape index (κ3) is 4.02. The molecule has 2 aliphatic heterocycles.